The third-order valence-corrected chi connectivity index (χ3v) is 14.1. The van der Waals surface area contributed by atoms with Crippen LogP contribution < -0.4 is 5.11 Å². The highest BCUT2D eigenvalue weighted by atomic mass is 16.7. The van der Waals surface area contributed by atoms with E-state index in [2.05, 4.69) is 98.9 Å². The molecule has 456 valence electrons. The predicted molar refractivity (Wildman–Crippen MR) is 334 cm³/mol. The zero-order chi connectivity index (χ0) is 57.6. The second-order valence-corrected chi connectivity index (χ2v) is 23.0. The minimum absolute atomic E-state index is 0.144. The van der Waals surface area contributed by atoms with Gasteiger partial charge in [0.05, 0.1) is 40.3 Å². The summed E-state index contributed by atoms with van der Waals surface area (Å²) in [6.45, 7) is 4.64. The Hall–Kier alpha value is -3.53. The van der Waals surface area contributed by atoms with Crippen molar-refractivity contribution in [2.24, 2.45) is 0 Å². The summed E-state index contributed by atoms with van der Waals surface area (Å²) in [7, 11) is 5.93. The first-order chi connectivity index (χ1) is 38.6. The van der Waals surface area contributed by atoms with Crippen molar-refractivity contribution >= 4 is 17.9 Å². The molecule has 9 heteroatoms. The molecule has 0 aromatic rings. The number of carbonyl (C=O) groups is 3. The summed E-state index contributed by atoms with van der Waals surface area (Å²) in [4.78, 5) is 37.4. The van der Waals surface area contributed by atoms with Crippen LogP contribution in [0.1, 0.15) is 284 Å². The number of unbranched alkanes of at least 4 members (excludes halogenated alkanes) is 31. The number of carbonyl (C=O) groups excluding carboxylic acids is 3. The molecule has 0 N–H and O–H groups in total. The lowest BCUT2D eigenvalue weighted by atomic mass is 10.0. The van der Waals surface area contributed by atoms with Gasteiger partial charge >= 0.3 is 11.9 Å². The van der Waals surface area contributed by atoms with Gasteiger partial charge in [0.25, 0.3) is 0 Å². The molecule has 0 heterocycles. The summed E-state index contributed by atoms with van der Waals surface area (Å²) in [5.74, 6) is -2.28. The lowest BCUT2D eigenvalue weighted by Gasteiger charge is -2.26. The number of hydrogen-bond acceptors (Lipinski definition) is 8. The third kappa shape index (κ3) is 61.9. The molecular weight excluding hydrogens is 983 g/mol. The van der Waals surface area contributed by atoms with Gasteiger partial charge in [0.15, 0.2) is 12.4 Å². The minimum Gasteiger partial charge on any atom is -0.545 e. The van der Waals surface area contributed by atoms with E-state index in [-0.39, 0.29) is 38.6 Å². The lowest BCUT2D eigenvalue weighted by Crippen LogP contribution is -2.44. The molecule has 0 fully saturated rings. The van der Waals surface area contributed by atoms with Gasteiger partial charge in [0.1, 0.15) is 13.2 Å². The molecule has 0 aliphatic carbocycles. The van der Waals surface area contributed by atoms with Gasteiger partial charge in [-0.1, -0.05) is 266 Å². The van der Waals surface area contributed by atoms with Crippen molar-refractivity contribution in [2.45, 2.75) is 296 Å². The van der Waals surface area contributed by atoms with Crippen molar-refractivity contribution in [1.29, 1.82) is 0 Å². The molecule has 0 aliphatic heterocycles. The first-order valence-electron chi connectivity index (χ1n) is 32.7. The number of rotatable bonds is 60. The summed E-state index contributed by atoms with van der Waals surface area (Å²) in [5, 5.41) is 11.8. The minimum atomic E-state index is -1.63. The molecule has 0 aliphatic rings. The molecule has 79 heavy (non-hydrogen) atoms. The maximum atomic E-state index is 12.9. The Kier molecular flexibility index (Phi) is 57.9. The Bertz CT molecular complexity index is 1570. The van der Waals surface area contributed by atoms with Gasteiger partial charge in [-0.3, -0.25) is 9.59 Å². The van der Waals surface area contributed by atoms with Crippen molar-refractivity contribution in [3.05, 3.63) is 85.1 Å². The lowest BCUT2D eigenvalue weighted by molar-refractivity contribution is -0.870. The number of hydrogen-bond donors (Lipinski definition) is 0. The number of nitrogens with zero attached hydrogens (tertiary/aromatic N) is 1. The maximum Gasteiger partial charge on any atom is 0.306 e. The molecule has 0 rings (SSSR count). The predicted octanol–water partition coefficient (Wildman–Crippen LogP) is 18.6. The van der Waals surface area contributed by atoms with E-state index in [0.29, 0.717) is 17.4 Å². The highest BCUT2D eigenvalue weighted by molar-refractivity contribution is 5.70. The van der Waals surface area contributed by atoms with E-state index >= 15 is 0 Å². The molecule has 0 saturated carbocycles. The number of esters is 2. The number of ether oxygens (including phenoxy) is 4. The molecule has 0 bridgehead atoms. The highest BCUT2D eigenvalue weighted by Gasteiger charge is 2.22. The Morgan fingerprint density at radius 3 is 1.08 bits per heavy atom. The topological polar surface area (TPSA) is 111 Å². The van der Waals surface area contributed by atoms with Crippen LogP contribution in [0, 0.1) is 0 Å². The fourth-order valence-electron chi connectivity index (χ4n) is 9.12. The molecule has 0 aromatic heterocycles. The van der Waals surface area contributed by atoms with Crippen LogP contribution in [0.3, 0.4) is 0 Å². The number of aliphatic carboxylic acids is 1. The zero-order valence-corrected chi connectivity index (χ0v) is 52.0. The van der Waals surface area contributed by atoms with Gasteiger partial charge < -0.3 is 33.3 Å². The van der Waals surface area contributed by atoms with Gasteiger partial charge in [-0.2, -0.15) is 0 Å². The summed E-state index contributed by atoms with van der Waals surface area (Å²) in [5.41, 5.74) is 0. The highest BCUT2D eigenvalue weighted by Crippen LogP contribution is 2.17. The Morgan fingerprint density at radius 2 is 0.722 bits per heavy atom. The van der Waals surface area contributed by atoms with Crippen molar-refractivity contribution < 1.29 is 42.9 Å². The molecule has 2 unspecified atom stereocenters. The average Bonchev–Trinajstić information content (AvgIpc) is 3.42. The fourth-order valence-corrected chi connectivity index (χ4v) is 9.12. The van der Waals surface area contributed by atoms with Crippen molar-refractivity contribution in [2.75, 3.05) is 47.5 Å². The summed E-state index contributed by atoms with van der Waals surface area (Å²) >= 11 is 0. The van der Waals surface area contributed by atoms with Crippen LogP contribution in [-0.2, 0) is 33.3 Å². The maximum absolute atomic E-state index is 12.9. The summed E-state index contributed by atoms with van der Waals surface area (Å²) in [6, 6.07) is 0. The normalized spacial score (nSPS) is 13.3. The van der Waals surface area contributed by atoms with E-state index in [1.54, 1.807) is 0 Å². The molecule has 9 nitrogen and oxygen atoms in total. The monoisotopic (exact) mass is 1110 g/mol. The molecule has 0 amide bonds. The first kappa shape index (κ1) is 75.5. The molecule has 0 spiro atoms. The van der Waals surface area contributed by atoms with Gasteiger partial charge in [0, 0.05) is 12.8 Å². The quantitative estimate of drug-likeness (QED) is 0.0195. The number of carboxylic acid groups (broad SMARTS) is 1. The summed E-state index contributed by atoms with van der Waals surface area (Å²) in [6.07, 6.45) is 77.9. The van der Waals surface area contributed by atoms with E-state index < -0.39 is 24.3 Å². The summed E-state index contributed by atoms with van der Waals surface area (Å²) < 4.78 is 22.8. The van der Waals surface area contributed by atoms with Crippen LogP contribution in [0.4, 0.5) is 0 Å². The molecule has 0 saturated heterocycles. The number of quaternary nitrogens is 1. The fraction of sp³-hybridized carbons (Fsp3) is 0.757. The standard InChI is InChI=1S/C70H123NO8/c1-6-8-10-12-14-16-18-20-22-24-26-28-30-31-32-33-34-35-36-37-39-40-42-44-46-48-50-52-54-56-58-60-67(72)77-64-66(65-78-70(69(74)75)76-63-62-71(3,4)5)79-68(73)61-59-57-55-53-51-49-47-45-43-41-38-29-27-25-23-21-19-17-15-13-11-9-7-2/h9,11,15,17-18,20-21,23-24,26-27,29-31,66,70H,6-8,10,12-14,16,19,22,25,28,32-65H2,1-5H3/b11-9-,17-15-,20-18-,23-21-,26-24-,29-27-,31-30-. The van der Waals surface area contributed by atoms with Gasteiger partial charge in [-0.05, 0) is 89.9 Å². The zero-order valence-electron chi connectivity index (χ0n) is 52.0. The second-order valence-electron chi connectivity index (χ2n) is 23.0. The van der Waals surface area contributed by atoms with Crippen LogP contribution in [0.2, 0.25) is 0 Å². The van der Waals surface area contributed by atoms with Gasteiger partial charge in [-0.25, -0.2) is 0 Å². The van der Waals surface area contributed by atoms with Crippen LogP contribution in [0.25, 0.3) is 0 Å². The largest absolute Gasteiger partial charge is 0.545 e. The average molecular weight is 1110 g/mol. The molecule has 0 aromatic carbocycles. The van der Waals surface area contributed by atoms with E-state index in [9.17, 15) is 19.5 Å². The van der Waals surface area contributed by atoms with Crippen molar-refractivity contribution in [3.8, 4) is 0 Å². The SMILES string of the molecule is CC/C=C\C/C=C\C/C=C\C/C=C\CCCCCCCCCCCCC(=O)OC(COC(=O)CCCCCCCCCCCCCCCCCC/C=C\C/C=C\C/C=C\CCCCCCC)COC(OCC[N+](C)(C)C)C(=O)[O-]. The molecule has 2 atom stereocenters. The number of allylic oxidation sites excluding steroid dienone is 14. The van der Waals surface area contributed by atoms with Crippen LogP contribution >= 0.6 is 0 Å². The molecular formula is C70H123NO8. The second kappa shape index (κ2) is 60.6. The Balaban J connectivity index is 4.14. The van der Waals surface area contributed by atoms with Crippen LogP contribution in [-0.4, -0.2) is 82.3 Å². The Morgan fingerprint density at radius 1 is 0.392 bits per heavy atom. The molecule has 0 radical (unpaired) electrons. The third-order valence-electron chi connectivity index (χ3n) is 14.1. The van der Waals surface area contributed by atoms with Crippen LogP contribution in [0.5, 0.6) is 0 Å². The van der Waals surface area contributed by atoms with E-state index in [1.807, 2.05) is 21.1 Å². The van der Waals surface area contributed by atoms with Gasteiger partial charge in [-0.15, -0.1) is 0 Å². The smallest absolute Gasteiger partial charge is 0.306 e. The first-order valence-corrected chi connectivity index (χ1v) is 32.7. The van der Waals surface area contributed by atoms with E-state index in [0.717, 1.165) is 83.5 Å². The van der Waals surface area contributed by atoms with Crippen LogP contribution in [0.15, 0.2) is 85.1 Å². The number of carboxylic acids is 1. The van der Waals surface area contributed by atoms with Gasteiger partial charge in [0.2, 0.25) is 0 Å². The van der Waals surface area contributed by atoms with E-state index in [1.165, 1.54) is 167 Å². The van der Waals surface area contributed by atoms with Crippen molar-refractivity contribution in [3.63, 3.8) is 0 Å². The van der Waals surface area contributed by atoms with E-state index in [4.69, 9.17) is 18.9 Å². The number of likely N-dealkylation sites (N-methyl/N-ethyl adjacent to an activating group) is 1. The Labute approximate surface area is 487 Å². The van der Waals surface area contributed by atoms with Crippen molar-refractivity contribution in [1.82, 2.24) is 0 Å².